The Morgan fingerprint density at radius 1 is 1.32 bits per heavy atom. The fraction of sp³-hybridized carbons (Fsp3) is 0.588. The van der Waals surface area contributed by atoms with Crippen LogP contribution in [0, 0.1) is 12.8 Å². The predicted octanol–water partition coefficient (Wildman–Crippen LogP) is 3.16. The van der Waals surface area contributed by atoms with Gasteiger partial charge >= 0.3 is 6.18 Å². The quantitative estimate of drug-likeness (QED) is 0.395. The van der Waals surface area contributed by atoms with Crippen LogP contribution in [0.4, 0.5) is 13.2 Å². The third-order valence-corrected chi connectivity index (χ3v) is 4.10. The fourth-order valence-electron chi connectivity index (χ4n) is 2.95. The number of likely N-dealkylation sites (tertiary alicyclic amines) is 1. The highest BCUT2D eigenvalue weighted by molar-refractivity contribution is 14.0. The monoisotopic (exact) mass is 470 g/mol. The van der Waals surface area contributed by atoms with Gasteiger partial charge in [-0.05, 0) is 31.4 Å². The molecule has 1 heterocycles. The van der Waals surface area contributed by atoms with Gasteiger partial charge in [0.05, 0.1) is 6.54 Å². The van der Waals surface area contributed by atoms with Gasteiger partial charge in [-0.1, -0.05) is 29.8 Å². The summed E-state index contributed by atoms with van der Waals surface area (Å²) in [5, 5.41) is 6.44. The number of benzene rings is 1. The van der Waals surface area contributed by atoms with Gasteiger partial charge in [0.25, 0.3) is 0 Å². The molecule has 0 saturated carbocycles. The lowest BCUT2D eigenvalue weighted by Gasteiger charge is -2.18. The van der Waals surface area contributed by atoms with Crippen LogP contribution in [0.3, 0.4) is 0 Å². The molecule has 1 aliphatic rings. The SMILES string of the molecule is CN=C(NCc1cccc(C)c1)NCC1CCN(CC(F)(F)F)C1.I. The molecule has 4 nitrogen and oxygen atoms in total. The third-order valence-electron chi connectivity index (χ3n) is 4.10. The van der Waals surface area contributed by atoms with Crippen LogP contribution in [0.2, 0.25) is 0 Å². The molecule has 142 valence electrons. The zero-order chi connectivity index (χ0) is 17.6. The average molecular weight is 470 g/mol. The second-order valence-corrected chi connectivity index (χ2v) is 6.30. The van der Waals surface area contributed by atoms with E-state index in [1.165, 1.54) is 10.5 Å². The number of halogens is 4. The first-order valence-electron chi connectivity index (χ1n) is 8.15. The Morgan fingerprint density at radius 2 is 2.08 bits per heavy atom. The van der Waals surface area contributed by atoms with Crippen molar-refractivity contribution in [3.63, 3.8) is 0 Å². The van der Waals surface area contributed by atoms with Crippen LogP contribution >= 0.6 is 24.0 Å². The highest BCUT2D eigenvalue weighted by Crippen LogP contribution is 2.22. The van der Waals surface area contributed by atoms with Gasteiger partial charge in [-0.25, -0.2) is 0 Å². The Morgan fingerprint density at radius 3 is 2.72 bits per heavy atom. The molecule has 1 aliphatic heterocycles. The number of guanidine groups is 1. The molecule has 1 atom stereocenters. The van der Waals surface area contributed by atoms with Crippen molar-refractivity contribution >= 4 is 29.9 Å². The fourth-order valence-corrected chi connectivity index (χ4v) is 2.95. The van der Waals surface area contributed by atoms with Gasteiger partial charge in [0.2, 0.25) is 0 Å². The van der Waals surface area contributed by atoms with E-state index in [4.69, 9.17) is 0 Å². The summed E-state index contributed by atoms with van der Waals surface area (Å²) in [4.78, 5) is 5.63. The van der Waals surface area contributed by atoms with Crippen molar-refractivity contribution in [3.8, 4) is 0 Å². The van der Waals surface area contributed by atoms with E-state index in [0.29, 0.717) is 32.1 Å². The molecule has 0 aliphatic carbocycles. The molecule has 2 N–H and O–H groups in total. The molecule has 1 aromatic rings. The second-order valence-electron chi connectivity index (χ2n) is 6.30. The van der Waals surface area contributed by atoms with E-state index in [2.05, 4.69) is 21.7 Å². The minimum Gasteiger partial charge on any atom is -0.356 e. The van der Waals surface area contributed by atoms with Gasteiger partial charge < -0.3 is 10.6 Å². The molecule has 1 unspecified atom stereocenters. The molecule has 2 rings (SSSR count). The third kappa shape index (κ3) is 8.26. The molecule has 1 fully saturated rings. The van der Waals surface area contributed by atoms with E-state index in [1.807, 2.05) is 25.1 Å². The Hall–Kier alpha value is -1.03. The smallest absolute Gasteiger partial charge is 0.356 e. The second kappa shape index (κ2) is 10.2. The number of nitrogens with zero attached hydrogens (tertiary/aromatic N) is 2. The van der Waals surface area contributed by atoms with Crippen molar-refractivity contribution < 1.29 is 13.2 Å². The van der Waals surface area contributed by atoms with Crippen LogP contribution in [0.1, 0.15) is 17.5 Å². The largest absolute Gasteiger partial charge is 0.401 e. The van der Waals surface area contributed by atoms with Crippen molar-refractivity contribution in [1.29, 1.82) is 0 Å². The number of hydrogen-bond donors (Lipinski definition) is 2. The van der Waals surface area contributed by atoms with Gasteiger partial charge in [-0.3, -0.25) is 9.89 Å². The maximum atomic E-state index is 12.4. The van der Waals surface area contributed by atoms with Gasteiger partial charge in [-0.2, -0.15) is 13.2 Å². The number of aryl methyl sites for hydroxylation is 1. The molecule has 1 aromatic carbocycles. The molecular formula is C17H26F3IN4. The van der Waals surface area contributed by atoms with Crippen LogP contribution in [0.25, 0.3) is 0 Å². The summed E-state index contributed by atoms with van der Waals surface area (Å²) in [7, 11) is 1.69. The minimum absolute atomic E-state index is 0. The zero-order valence-electron chi connectivity index (χ0n) is 14.6. The predicted molar refractivity (Wildman–Crippen MR) is 105 cm³/mol. The van der Waals surface area contributed by atoms with Gasteiger partial charge in [0, 0.05) is 26.7 Å². The summed E-state index contributed by atoms with van der Waals surface area (Å²) in [6, 6.07) is 8.20. The Labute approximate surface area is 164 Å². The summed E-state index contributed by atoms with van der Waals surface area (Å²) in [5.74, 6) is 0.885. The Kier molecular flexibility index (Phi) is 8.98. The zero-order valence-corrected chi connectivity index (χ0v) is 16.9. The average Bonchev–Trinajstić information content (AvgIpc) is 2.93. The Balaban J connectivity index is 0.00000312. The number of alkyl halides is 3. The number of rotatable bonds is 5. The molecule has 0 aromatic heterocycles. The molecule has 25 heavy (non-hydrogen) atoms. The minimum atomic E-state index is -4.12. The van der Waals surface area contributed by atoms with E-state index in [9.17, 15) is 13.2 Å². The molecule has 8 heteroatoms. The van der Waals surface area contributed by atoms with E-state index in [0.717, 1.165) is 12.0 Å². The van der Waals surface area contributed by atoms with Gasteiger partial charge in [0.1, 0.15) is 0 Å². The highest BCUT2D eigenvalue weighted by Gasteiger charge is 2.34. The van der Waals surface area contributed by atoms with Crippen LogP contribution in [-0.2, 0) is 6.54 Å². The van der Waals surface area contributed by atoms with Crippen LogP contribution < -0.4 is 10.6 Å². The van der Waals surface area contributed by atoms with E-state index < -0.39 is 12.7 Å². The maximum absolute atomic E-state index is 12.4. The molecular weight excluding hydrogens is 444 g/mol. The molecule has 0 amide bonds. The van der Waals surface area contributed by atoms with E-state index in [1.54, 1.807) is 7.05 Å². The summed E-state index contributed by atoms with van der Waals surface area (Å²) in [6.45, 7) is 3.49. The first kappa shape index (κ1) is 22.0. The first-order chi connectivity index (χ1) is 11.4. The van der Waals surface area contributed by atoms with Gasteiger partial charge in [-0.15, -0.1) is 24.0 Å². The number of nitrogens with one attached hydrogen (secondary N) is 2. The highest BCUT2D eigenvalue weighted by atomic mass is 127. The van der Waals surface area contributed by atoms with E-state index >= 15 is 0 Å². The number of hydrogen-bond acceptors (Lipinski definition) is 2. The molecule has 0 spiro atoms. The first-order valence-corrected chi connectivity index (χ1v) is 8.15. The van der Waals surface area contributed by atoms with E-state index in [-0.39, 0.29) is 29.9 Å². The van der Waals surface area contributed by atoms with Crippen LogP contribution in [0.5, 0.6) is 0 Å². The molecule has 0 bridgehead atoms. The van der Waals surface area contributed by atoms with Crippen LogP contribution in [-0.4, -0.2) is 50.3 Å². The summed E-state index contributed by atoms with van der Waals surface area (Å²) >= 11 is 0. The lowest BCUT2D eigenvalue weighted by molar-refractivity contribution is -0.143. The molecule has 0 radical (unpaired) electrons. The summed E-state index contributed by atoms with van der Waals surface area (Å²) in [6.07, 6.45) is -3.34. The van der Waals surface area contributed by atoms with Gasteiger partial charge in [0.15, 0.2) is 5.96 Å². The van der Waals surface area contributed by atoms with Crippen molar-refractivity contribution in [1.82, 2.24) is 15.5 Å². The summed E-state index contributed by atoms with van der Waals surface area (Å²) < 4.78 is 37.2. The van der Waals surface area contributed by atoms with Crippen molar-refractivity contribution in [2.75, 3.05) is 33.2 Å². The van der Waals surface area contributed by atoms with Crippen molar-refractivity contribution in [3.05, 3.63) is 35.4 Å². The lowest BCUT2D eigenvalue weighted by atomic mass is 10.1. The van der Waals surface area contributed by atoms with Crippen LogP contribution in [0.15, 0.2) is 29.3 Å². The lowest BCUT2D eigenvalue weighted by Crippen LogP contribution is -2.40. The summed E-state index contributed by atoms with van der Waals surface area (Å²) in [5.41, 5.74) is 2.36. The van der Waals surface area contributed by atoms with Crippen molar-refractivity contribution in [2.24, 2.45) is 10.9 Å². The number of aliphatic imine (C=N–C) groups is 1. The normalized spacial score (nSPS) is 18.8. The maximum Gasteiger partial charge on any atom is 0.401 e. The molecule has 1 saturated heterocycles. The van der Waals surface area contributed by atoms with Crippen molar-refractivity contribution in [2.45, 2.75) is 26.1 Å². The Bertz CT molecular complexity index is 563. The topological polar surface area (TPSA) is 39.7 Å². The standard InChI is InChI=1S/C17H25F3N4.HI/c1-13-4-3-5-14(8-13)9-22-16(21-2)23-10-15-6-7-24(11-15)12-17(18,19)20;/h3-5,8,15H,6-7,9-12H2,1-2H3,(H2,21,22,23);1H.